The standard InChI is InChI=1S/C11H8N2O/c14-7-2-1-4-9-8-13-11-10(9)5-3-6-12-11/h3,5-8H,2H2,(H,12,13). The van der Waals surface area contributed by atoms with Crippen molar-refractivity contribution in [1.29, 1.82) is 0 Å². The summed E-state index contributed by atoms with van der Waals surface area (Å²) in [5.74, 6) is 5.68. The summed E-state index contributed by atoms with van der Waals surface area (Å²) in [4.78, 5) is 17.2. The first-order valence-electron chi connectivity index (χ1n) is 4.26. The molecule has 0 aliphatic heterocycles. The van der Waals surface area contributed by atoms with Gasteiger partial charge in [0.05, 0.1) is 12.0 Å². The number of nitrogens with one attached hydrogen (secondary N) is 1. The molecule has 0 amide bonds. The van der Waals surface area contributed by atoms with E-state index in [0.29, 0.717) is 0 Å². The molecule has 1 N–H and O–H groups in total. The lowest BCUT2D eigenvalue weighted by atomic mass is 10.2. The van der Waals surface area contributed by atoms with Crippen LogP contribution in [0.5, 0.6) is 0 Å². The first kappa shape index (κ1) is 8.52. The minimum absolute atomic E-state index is 0.271. The van der Waals surface area contributed by atoms with E-state index >= 15 is 0 Å². The van der Waals surface area contributed by atoms with Crippen LogP contribution in [-0.2, 0) is 4.79 Å². The Labute approximate surface area is 81.2 Å². The molecule has 2 aromatic rings. The molecule has 0 saturated heterocycles. The fourth-order valence-corrected chi connectivity index (χ4v) is 1.25. The summed E-state index contributed by atoms with van der Waals surface area (Å²) in [6.07, 6.45) is 4.59. The lowest BCUT2D eigenvalue weighted by molar-refractivity contribution is -0.107. The summed E-state index contributed by atoms with van der Waals surface area (Å²) in [6, 6.07) is 3.81. The molecule has 0 unspecified atom stereocenters. The number of nitrogens with zero attached hydrogens (tertiary/aromatic N) is 1. The van der Waals surface area contributed by atoms with E-state index in [4.69, 9.17) is 0 Å². The van der Waals surface area contributed by atoms with Gasteiger partial charge in [-0.05, 0) is 12.1 Å². The Balaban J connectivity index is 2.44. The van der Waals surface area contributed by atoms with Gasteiger partial charge in [-0.1, -0.05) is 11.8 Å². The highest BCUT2D eigenvalue weighted by atomic mass is 16.1. The molecule has 0 aliphatic rings. The Kier molecular flexibility index (Phi) is 2.28. The van der Waals surface area contributed by atoms with Crippen molar-refractivity contribution in [3.05, 3.63) is 30.1 Å². The minimum Gasteiger partial charge on any atom is -0.345 e. The lowest BCUT2D eigenvalue weighted by Crippen LogP contribution is -1.74. The van der Waals surface area contributed by atoms with Crippen molar-refractivity contribution in [3.8, 4) is 11.8 Å². The second-order valence-electron chi connectivity index (χ2n) is 2.77. The van der Waals surface area contributed by atoms with Crippen LogP contribution in [-0.4, -0.2) is 16.3 Å². The third-order valence-electron chi connectivity index (χ3n) is 1.86. The van der Waals surface area contributed by atoms with Crippen molar-refractivity contribution >= 4 is 17.3 Å². The average Bonchev–Trinajstić information content (AvgIpc) is 2.63. The number of hydrogen-bond donors (Lipinski definition) is 1. The molecule has 3 nitrogen and oxygen atoms in total. The summed E-state index contributed by atoms with van der Waals surface area (Å²) in [5.41, 5.74) is 1.71. The van der Waals surface area contributed by atoms with Crippen molar-refractivity contribution in [3.63, 3.8) is 0 Å². The highest BCUT2D eigenvalue weighted by Gasteiger charge is 1.99. The Morgan fingerprint density at radius 1 is 1.57 bits per heavy atom. The van der Waals surface area contributed by atoms with Crippen molar-refractivity contribution < 1.29 is 4.79 Å². The fourth-order valence-electron chi connectivity index (χ4n) is 1.25. The number of pyridine rings is 1. The third-order valence-corrected chi connectivity index (χ3v) is 1.86. The van der Waals surface area contributed by atoms with Crippen molar-refractivity contribution in [2.24, 2.45) is 0 Å². The van der Waals surface area contributed by atoms with Gasteiger partial charge in [-0.25, -0.2) is 4.98 Å². The molecule has 0 atom stereocenters. The first-order valence-corrected chi connectivity index (χ1v) is 4.26. The molecule has 3 heteroatoms. The smallest absolute Gasteiger partial charge is 0.138 e. The van der Waals surface area contributed by atoms with Crippen LogP contribution in [0.2, 0.25) is 0 Å². The predicted octanol–water partition coefficient (Wildman–Crippen LogP) is 1.50. The van der Waals surface area contributed by atoms with Crippen molar-refractivity contribution in [2.45, 2.75) is 6.42 Å². The molecule has 0 spiro atoms. The third kappa shape index (κ3) is 1.50. The Morgan fingerprint density at radius 2 is 2.50 bits per heavy atom. The zero-order valence-corrected chi connectivity index (χ0v) is 7.45. The van der Waals surface area contributed by atoms with Crippen molar-refractivity contribution in [1.82, 2.24) is 9.97 Å². The molecular weight excluding hydrogens is 176 g/mol. The van der Waals surface area contributed by atoms with Crippen LogP contribution in [0.1, 0.15) is 12.0 Å². The summed E-state index contributed by atoms with van der Waals surface area (Å²) < 4.78 is 0. The Morgan fingerprint density at radius 3 is 3.36 bits per heavy atom. The average molecular weight is 184 g/mol. The molecule has 2 heterocycles. The van der Waals surface area contributed by atoms with E-state index in [1.165, 1.54) is 0 Å². The summed E-state index contributed by atoms with van der Waals surface area (Å²) >= 11 is 0. The van der Waals surface area contributed by atoms with Crippen LogP contribution in [0.15, 0.2) is 24.5 Å². The number of carbonyl (C=O) groups is 1. The van der Waals surface area contributed by atoms with E-state index in [0.717, 1.165) is 22.9 Å². The summed E-state index contributed by atoms with van der Waals surface area (Å²) in [5, 5.41) is 0.992. The molecular formula is C11H8N2O. The highest BCUT2D eigenvalue weighted by molar-refractivity contribution is 5.82. The maximum atomic E-state index is 10.1. The molecule has 14 heavy (non-hydrogen) atoms. The number of aromatic nitrogens is 2. The van der Waals surface area contributed by atoms with Gasteiger partial charge in [-0.15, -0.1) is 0 Å². The second kappa shape index (κ2) is 3.75. The lowest BCUT2D eigenvalue weighted by Gasteiger charge is -1.86. The predicted molar refractivity (Wildman–Crippen MR) is 53.7 cm³/mol. The van der Waals surface area contributed by atoms with E-state index in [-0.39, 0.29) is 6.42 Å². The molecule has 0 aliphatic carbocycles. The maximum absolute atomic E-state index is 10.1. The minimum atomic E-state index is 0.271. The van der Waals surface area contributed by atoms with Crippen LogP contribution < -0.4 is 0 Å². The highest BCUT2D eigenvalue weighted by Crippen LogP contribution is 2.13. The Hall–Kier alpha value is -2.08. The van der Waals surface area contributed by atoms with Gasteiger partial charge in [-0.3, -0.25) is 0 Å². The Bertz CT molecular complexity index is 517. The topological polar surface area (TPSA) is 45.8 Å². The monoisotopic (exact) mass is 184 g/mol. The van der Waals surface area contributed by atoms with E-state index in [9.17, 15) is 4.79 Å². The van der Waals surface area contributed by atoms with Gasteiger partial charge in [0.2, 0.25) is 0 Å². The molecule has 0 fully saturated rings. The van der Waals surface area contributed by atoms with Crippen LogP contribution in [0.3, 0.4) is 0 Å². The molecule has 0 radical (unpaired) electrons. The molecule has 2 aromatic heterocycles. The number of fused-ring (bicyclic) bond motifs is 1. The summed E-state index contributed by atoms with van der Waals surface area (Å²) in [7, 11) is 0. The zero-order chi connectivity index (χ0) is 9.80. The molecule has 0 bridgehead atoms. The number of aromatic amines is 1. The van der Waals surface area contributed by atoms with Gasteiger partial charge in [0.25, 0.3) is 0 Å². The quantitative estimate of drug-likeness (QED) is 0.539. The van der Waals surface area contributed by atoms with E-state index in [2.05, 4.69) is 21.8 Å². The summed E-state index contributed by atoms with van der Waals surface area (Å²) in [6.45, 7) is 0. The van der Waals surface area contributed by atoms with E-state index in [1.54, 1.807) is 12.4 Å². The van der Waals surface area contributed by atoms with Gasteiger partial charge in [-0.2, -0.15) is 0 Å². The number of hydrogen-bond acceptors (Lipinski definition) is 2. The second-order valence-corrected chi connectivity index (χ2v) is 2.77. The van der Waals surface area contributed by atoms with Gasteiger partial charge in [0.15, 0.2) is 0 Å². The van der Waals surface area contributed by atoms with Crippen molar-refractivity contribution in [2.75, 3.05) is 0 Å². The number of H-pyrrole nitrogens is 1. The molecule has 0 aromatic carbocycles. The number of aldehydes is 1. The van der Waals surface area contributed by atoms with E-state index in [1.807, 2.05) is 12.1 Å². The van der Waals surface area contributed by atoms with E-state index < -0.39 is 0 Å². The maximum Gasteiger partial charge on any atom is 0.138 e. The van der Waals surface area contributed by atoms with Gasteiger partial charge < -0.3 is 9.78 Å². The molecule has 0 saturated carbocycles. The normalized spacial score (nSPS) is 9.43. The fraction of sp³-hybridized carbons (Fsp3) is 0.0909. The SMILES string of the molecule is O=CCC#Cc1c[nH]c2ncccc12. The van der Waals surface area contributed by atoms with Crippen LogP contribution in [0.25, 0.3) is 11.0 Å². The van der Waals surface area contributed by atoms with Gasteiger partial charge in [0.1, 0.15) is 11.9 Å². The largest absolute Gasteiger partial charge is 0.345 e. The number of carbonyl (C=O) groups excluding carboxylic acids is 1. The number of rotatable bonds is 1. The van der Waals surface area contributed by atoms with Gasteiger partial charge >= 0.3 is 0 Å². The van der Waals surface area contributed by atoms with Crippen LogP contribution in [0.4, 0.5) is 0 Å². The van der Waals surface area contributed by atoms with Crippen LogP contribution >= 0.6 is 0 Å². The van der Waals surface area contributed by atoms with Crippen LogP contribution in [0, 0.1) is 11.8 Å². The molecule has 2 rings (SSSR count). The first-order chi connectivity index (χ1) is 6.92. The zero-order valence-electron chi connectivity index (χ0n) is 7.45. The van der Waals surface area contributed by atoms with Gasteiger partial charge in [0, 0.05) is 17.8 Å². The molecule has 68 valence electrons.